The standard InChI is InChI=1S/C13H17N7O3/c1-2-3-4-5-19-10-9(15-7-16-10)11(21)20-8(6-23-12(14)22)17-18-13(19)20/h7H,2-6H2,1H3,(H2,14,22)(H,15,16). The fraction of sp³-hybridized carbons (Fsp3) is 0.462. The number of hydrogen-bond acceptors (Lipinski definition) is 6. The third-order valence-corrected chi connectivity index (χ3v) is 3.58. The normalized spacial score (nSPS) is 11.3. The van der Waals surface area contributed by atoms with Crippen LogP contribution in [0.5, 0.6) is 0 Å². The van der Waals surface area contributed by atoms with Gasteiger partial charge in [0.05, 0.1) is 6.33 Å². The summed E-state index contributed by atoms with van der Waals surface area (Å²) < 4.78 is 7.87. The minimum Gasteiger partial charge on any atom is -0.441 e. The summed E-state index contributed by atoms with van der Waals surface area (Å²) in [6.45, 7) is 2.55. The highest BCUT2D eigenvalue weighted by Gasteiger charge is 2.18. The number of nitrogens with one attached hydrogen (secondary N) is 1. The first kappa shape index (κ1) is 15.0. The van der Waals surface area contributed by atoms with Gasteiger partial charge in [-0.1, -0.05) is 19.8 Å². The molecule has 3 aromatic heterocycles. The van der Waals surface area contributed by atoms with E-state index in [1.807, 2.05) is 4.57 Å². The molecule has 0 unspecified atom stereocenters. The molecule has 3 aromatic rings. The number of aromatic amines is 1. The van der Waals surface area contributed by atoms with E-state index in [0.29, 0.717) is 23.5 Å². The van der Waals surface area contributed by atoms with Crippen LogP contribution in [-0.2, 0) is 17.9 Å². The average Bonchev–Trinajstić information content (AvgIpc) is 3.16. The lowest BCUT2D eigenvalue weighted by molar-refractivity contribution is 0.147. The van der Waals surface area contributed by atoms with Gasteiger partial charge in [-0.05, 0) is 6.42 Å². The van der Waals surface area contributed by atoms with Crippen LogP contribution in [0.25, 0.3) is 16.9 Å². The molecule has 0 spiro atoms. The van der Waals surface area contributed by atoms with Gasteiger partial charge < -0.3 is 15.5 Å². The first-order chi connectivity index (χ1) is 11.1. The third-order valence-electron chi connectivity index (χ3n) is 3.58. The fourth-order valence-corrected chi connectivity index (χ4v) is 2.50. The molecule has 10 heteroatoms. The van der Waals surface area contributed by atoms with E-state index in [-0.39, 0.29) is 18.0 Å². The molecule has 0 saturated heterocycles. The smallest absolute Gasteiger partial charge is 0.404 e. The number of amides is 1. The summed E-state index contributed by atoms with van der Waals surface area (Å²) >= 11 is 0. The van der Waals surface area contributed by atoms with Gasteiger partial charge in [0.1, 0.15) is 5.52 Å². The Morgan fingerprint density at radius 3 is 2.96 bits per heavy atom. The Labute approximate surface area is 130 Å². The number of aryl methyl sites for hydroxylation is 1. The van der Waals surface area contributed by atoms with E-state index >= 15 is 0 Å². The minimum atomic E-state index is -0.937. The molecule has 3 heterocycles. The van der Waals surface area contributed by atoms with Crippen molar-refractivity contribution in [1.82, 2.24) is 29.1 Å². The first-order valence-corrected chi connectivity index (χ1v) is 7.35. The number of H-pyrrole nitrogens is 1. The predicted octanol–water partition coefficient (Wildman–Crippen LogP) is 0.553. The molecule has 10 nitrogen and oxygen atoms in total. The summed E-state index contributed by atoms with van der Waals surface area (Å²) in [5.41, 5.74) is 5.51. The summed E-state index contributed by atoms with van der Waals surface area (Å²) in [6, 6.07) is 0. The molecule has 3 N–H and O–H groups in total. The van der Waals surface area contributed by atoms with Crippen molar-refractivity contribution in [3.63, 3.8) is 0 Å². The zero-order chi connectivity index (χ0) is 16.4. The summed E-state index contributed by atoms with van der Waals surface area (Å²) in [5.74, 6) is 0.582. The van der Waals surface area contributed by atoms with Crippen molar-refractivity contribution in [3.8, 4) is 0 Å². The number of nitrogens with two attached hydrogens (primary N) is 1. The van der Waals surface area contributed by atoms with Gasteiger partial charge in [0.2, 0.25) is 5.78 Å². The van der Waals surface area contributed by atoms with E-state index in [4.69, 9.17) is 10.5 Å². The Kier molecular flexibility index (Phi) is 3.96. The van der Waals surface area contributed by atoms with Gasteiger partial charge in [-0.15, -0.1) is 10.2 Å². The maximum atomic E-state index is 12.6. The van der Waals surface area contributed by atoms with E-state index < -0.39 is 6.09 Å². The van der Waals surface area contributed by atoms with Crippen LogP contribution in [0.15, 0.2) is 11.1 Å². The molecular formula is C13H17N7O3. The van der Waals surface area contributed by atoms with E-state index in [1.165, 1.54) is 10.7 Å². The number of nitrogens with zero attached hydrogens (tertiary/aromatic N) is 5. The molecule has 0 bridgehead atoms. The van der Waals surface area contributed by atoms with Crippen molar-refractivity contribution in [2.75, 3.05) is 0 Å². The van der Waals surface area contributed by atoms with Crippen LogP contribution < -0.4 is 11.3 Å². The zero-order valence-corrected chi connectivity index (χ0v) is 12.7. The van der Waals surface area contributed by atoms with Crippen molar-refractivity contribution >= 4 is 23.0 Å². The molecule has 0 aliphatic heterocycles. The highest BCUT2D eigenvalue weighted by Crippen LogP contribution is 2.12. The lowest BCUT2D eigenvalue weighted by Crippen LogP contribution is -2.22. The minimum absolute atomic E-state index is 0.213. The van der Waals surface area contributed by atoms with Crippen molar-refractivity contribution in [2.24, 2.45) is 5.73 Å². The Morgan fingerprint density at radius 2 is 2.22 bits per heavy atom. The number of primary amides is 1. The van der Waals surface area contributed by atoms with Crippen LogP contribution in [-0.4, -0.2) is 35.2 Å². The lowest BCUT2D eigenvalue weighted by Gasteiger charge is -2.09. The van der Waals surface area contributed by atoms with E-state index in [2.05, 4.69) is 27.1 Å². The summed E-state index contributed by atoms with van der Waals surface area (Å²) in [4.78, 5) is 30.4. The maximum Gasteiger partial charge on any atom is 0.404 e. The number of unbranched alkanes of at least 4 members (excludes halogenated alkanes) is 2. The third kappa shape index (κ3) is 2.62. The molecule has 23 heavy (non-hydrogen) atoms. The lowest BCUT2D eigenvalue weighted by atomic mass is 10.2. The quantitative estimate of drug-likeness (QED) is 0.637. The van der Waals surface area contributed by atoms with Gasteiger partial charge in [-0.25, -0.2) is 14.2 Å². The molecule has 0 aliphatic carbocycles. The van der Waals surface area contributed by atoms with E-state index in [0.717, 1.165) is 19.3 Å². The first-order valence-electron chi connectivity index (χ1n) is 7.35. The summed E-state index contributed by atoms with van der Waals surface area (Å²) in [5, 5.41) is 7.99. The second kappa shape index (κ2) is 6.07. The van der Waals surface area contributed by atoms with Crippen LogP contribution in [0.3, 0.4) is 0 Å². The Bertz CT molecular complexity index is 907. The average molecular weight is 319 g/mol. The number of hydrogen-bond donors (Lipinski definition) is 2. The highest BCUT2D eigenvalue weighted by molar-refractivity contribution is 5.72. The van der Waals surface area contributed by atoms with Crippen molar-refractivity contribution in [3.05, 3.63) is 22.5 Å². The number of imidazole rings is 1. The van der Waals surface area contributed by atoms with E-state index in [9.17, 15) is 9.59 Å². The Balaban J connectivity index is 2.15. The van der Waals surface area contributed by atoms with Crippen LogP contribution in [0.2, 0.25) is 0 Å². The Hall–Kier alpha value is -2.91. The molecule has 0 radical (unpaired) electrons. The SMILES string of the molecule is CCCCCn1c2nc[nH]c2c(=O)n2c(COC(N)=O)nnc12. The molecule has 3 rings (SSSR count). The van der Waals surface area contributed by atoms with Crippen LogP contribution in [0.4, 0.5) is 4.79 Å². The monoisotopic (exact) mass is 319 g/mol. The molecule has 0 aromatic carbocycles. The van der Waals surface area contributed by atoms with Gasteiger partial charge >= 0.3 is 6.09 Å². The van der Waals surface area contributed by atoms with Crippen LogP contribution in [0.1, 0.15) is 32.0 Å². The number of aromatic nitrogens is 6. The van der Waals surface area contributed by atoms with E-state index in [1.54, 1.807) is 0 Å². The number of fused-ring (bicyclic) bond motifs is 2. The van der Waals surface area contributed by atoms with Gasteiger partial charge in [0.25, 0.3) is 5.56 Å². The van der Waals surface area contributed by atoms with Crippen LogP contribution in [0, 0.1) is 0 Å². The van der Waals surface area contributed by atoms with Crippen molar-refractivity contribution < 1.29 is 9.53 Å². The van der Waals surface area contributed by atoms with Gasteiger partial charge in [-0.3, -0.25) is 9.36 Å². The number of carbonyl (C=O) groups excluding carboxylic acids is 1. The number of ether oxygens (including phenoxy) is 1. The molecule has 122 valence electrons. The molecule has 0 saturated carbocycles. The van der Waals surface area contributed by atoms with Gasteiger partial charge in [0.15, 0.2) is 18.1 Å². The molecular weight excluding hydrogens is 302 g/mol. The predicted molar refractivity (Wildman–Crippen MR) is 80.8 cm³/mol. The Morgan fingerprint density at radius 1 is 1.39 bits per heavy atom. The molecule has 0 atom stereocenters. The van der Waals surface area contributed by atoms with Gasteiger partial charge in [0, 0.05) is 6.54 Å². The molecule has 0 fully saturated rings. The second-order valence-corrected chi connectivity index (χ2v) is 5.12. The topological polar surface area (TPSA) is 133 Å². The summed E-state index contributed by atoms with van der Waals surface area (Å²) in [6.07, 6.45) is 3.58. The molecule has 0 aliphatic rings. The largest absolute Gasteiger partial charge is 0.441 e. The van der Waals surface area contributed by atoms with Crippen molar-refractivity contribution in [2.45, 2.75) is 39.3 Å². The zero-order valence-electron chi connectivity index (χ0n) is 12.7. The number of carbonyl (C=O) groups is 1. The highest BCUT2D eigenvalue weighted by atomic mass is 16.5. The second-order valence-electron chi connectivity index (χ2n) is 5.12. The molecule has 1 amide bonds. The summed E-state index contributed by atoms with van der Waals surface area (Å²) in [7, 11) is 0. The van der Waals surface area contributed by atoms with Crippen molar-refractivity contribution in [1.29, 1.82) is 0 Å². The fourth-order valence-electron chi connectivity index (χ4n) is 2.50. The number of rotatable bonds is 6. The van der Waals surface area contributed by atoms with Gasteiger partial charge in [-0.2, -0.15) is 0 Å². The van der Waals surface area contributed by atoms with Crippen LogP contribution >= 0.6 is 0 Å². The maximum absolute atomic E-state index is 12.6.